The number of benzene rings is 1. The van der Waals surface area contributed by atoms with Crippen LogP contribution in [-0.2, 0) is 6.42 Å². The van der Waals surface area contributed by atoms with E-state index in [1.165, 1.54) is 11.1 Å². The van der Waals surface area contributed by atoms with E-state index < -0.39 is 0 Å². The lowest BCUT2D eigenvalue weighted by Gasteiger charge is -2.17. The van der Waals surface area contributed by atoms with Crippen molar-refractivity contribution in [1.29, 1.82) is 0 Å². The molecule has 0 saturated carbocycles. The molecule has 1 aliphatic rings. The molecule has 3 heteroatoms. The number of hydrogen-bond acceptors (Lipinski definition) is 3. The maximum Gasteiger partial charge on any atom is 0.122 e. The summed E-state index contributed by atoms with van der Waals surface area (Å²) in [7, 11) is 0. The molecule has 2 rings (SSSR count). The summed E-state index contributed by atoms with van der Waals surface area (Å²) in [4.78, 5) is 0. The first-order valence-corrected chi connectivity index (χ1v) is 6.04. The van der Waals surface area contributed by atoms with Gasteiger partial charge >= 0.3 is 0 Å². The van der Waals surface area contributed by atoms with Crippen LogP contribution in [0.25, 0.3) is 0 Å². The van der Waals surface area contributed by atoms with Crippen LogP contribution < -0.4 is 15.8 Å². The number of hydrogen-bond donors (Lipinski definition) is 2. The molecule has 0 aliphatic carbocycles. The first kappa shape index (κ1) is 11.4. The van der Waals surface area contributed by atoms with E-state index in [1.54, 1.807) is 0 Å². The zero-order valence-corrected chi connectivity index (χ0v) is 9.83. The minimum absolute atomic E-state index is 0.412. The number of ether oxygens (including phenoxy) is 1. The highest BCUT2D eigenvalue weighted by molar-refractivity contribution is 5.40. The first-order valence-electron chi connectivity index (χ1n) is 6.04. The van der Waals surface area contributed by atoms with Crippen molar-refractivity contribution < 1.29 is 4.74 Å². The molecule has 3 N–H and O–H groups in total. The standard InChI is InChI=1S/C13H20N2O/c1-2-12(15-7-6-14)10-3-4-13-11(9-10)5-8-16-13/h3-4,9,12,15H,2,5-8,14H2,1H3. The topological polar surface area (TPSA) is 47.3 Å². The smallest absolute Gasteiger partial charge is 0.122 e. The van der Waals surface area contributed by atoms with Gasteiger partial charge in [-0.25, -0.2) is 0 Å². The molecule has 1 unspecified atom stereocenters. The molecule has 1 aliphatic heterocycles. The summed E-state index contributed by atoms with van der Waals surface area (Å²) in [5, 5.41) is 3.46. The van der Waals surface area contributed by atoms with Crippen molar-refractivity contribution in [3.63, 3.8) is 0 Å². The van der Waals surface area contributed by atoms with Gasteiger partial charge in [0.15, 0.2) is 0 Å². The molecule has 0 aromatic heterocycles. The monoisotopic (exact) mass is 220 g/mol. The number of nitrogens with one attached hydrogen (secondary N) is 1. The molecule has 0 fully saturated rings. The van der Waals surface area contributed by atoms with Gasteiger partial charge in [-0.1, -0.05) is 19.1 Å². The van der Waals surface area contributed by atoms with Crippen LogP contribution in [0.3, 0.4) is 0 Å². The normalized spacial score (nSPS) is 15.6. The van der Waals surface area contributed by atoms with Crippen LogP contribution in [-0.4, -0.2) is 19.7 Å². The Morgan fingerprint density at radius 3 is 3.12 bits per heavy atom. The third-order valence-corrected chi connectivity index (χ3v) is 3.06. The first-order chi connectivity index (χ1) is 7.85. The molecule has 1 aromatic rings. The molecule has 1 heterocycles. The molecule has 3 nitrogen and oxygen atoms in total. The summed E-state index contributed by atoms with van der Waals surface area (Å²) in [6, 6.07) is 6.92. The van der Waals surface area contributed by atoms with Gasteiger partial charge in [0.2, 0.25) is 0 Å². The third-order valence-electron chi connectivity index (χ3n) is 3.06. The van der Waals surface area contributed by atoms with Crippen LogP contribution in [0.15, 0.2) is 18.2 Å². The Morgan fingerprint density at radius 1 is 1.50 bits per heavy atom. The number of nitrogens with two attached hydrogens (primary N) is 1. The summed E-state index contributed by atoms with van der Waals surface area (Å²) >= 11 is 0. The maximum absolute atomic E-state index is 5.52. The Labute approximate surface area is 97.0 Å². The lowest BCUT2D eigenvalue weighted by atomic mass is 10.0. The molecule has 0 bridgehead atoms. The highest BCUT2D eigenvalue weighted by Crippen LogP contribution is 2.28. The molecule has 1 atom stereocenters. The lowest BCUT2D eigenvalue weighted by Crippen LogP contribution is -2.26. The minimum Gasteiger partial charge on any atom is -0.493 e. The fourth-order valence-corrected chi connectivity index (χ4v) is 2.18. The predicted molar refractivity (Wildman–Crippen MR) is 65.7 cm³/mol. The second-order valence-corrected chi connectivity index (χ2v) is 4.17. The Kier molecular flexibility index (Phi) is 3.80. The summed E-state index contributed by atoms with van der Waals surface area (Å²) in [6.07, 6.45) is 2.12. The Bertz CT molecular complexity index is 352. The highest BCUT2D eigenvalue weighted by Gasteiger charge is 2.15. The second kappa shape index (κ2) is 5.32. The molecule has 0 spiro atoms. The quantitative estimate of drug-likeness (QED) is 0.792. The zero-order chi connectivity index (χ0) is 11.4. The van der Waals surface area contributed by atoms with Crippen molar-refractivity contribution in [3.8, 4) is 5.75 Å². The maximum atomic E-state index is 5.52. The fourth-order valence-electron chi connectivity index (χ4n) is 2.18. The number of fused-ring (bicyclic) bond motifs is 1. The Balaban J connectivity index is 2.12. The van der Waals surface area contributed by atoms with Gasteiger partial charge in [-0.05, 0) is 23.6 Å². The highest BCUT2D eigenvalue weighted by atomic mass is 16.5. The van der Waals surface area contributed by atoms with Crippen LogP contribution in [0.1, 0.15) is 30.5 Å². The van der Waals surface area contributed by atoms with Gasteiger partial charge in [0, 0.05) is 25.6 Å². The predicted octanol–water partition coefficient (Wildman–Crippen LogP) is 1.62. The second-order valence-electron chi connectivity index (χ2n) is 4.17. The van der Waals surface area contributed by atoms with Crippen LogP contribution in [0, 0.1) is 0 Å². The minimum atomic E-state index is 0.412. The summed E-state index contributed by atoms with van der Waals surface area (Å²) in [5.41, 5.74) is 8.20. The van der Waals surface area contributed by atoms with E-state index in [0.717, 1.165) is 31.7 Å². The summed E-state index contributed by atoms with van der Waals surface area (Å²) in [5.74, 6) is 1.05. The van der Waals surface area contributed by atoms with E-state index in [9.17, 15) is 0 Å². The van der Waals surface area contributed by atoms with Gasteiger partial charge in [-0.15, -0.1) is 0 Å². The zero-order valence-electron chi connectivity index (χ0n) is 9.83. The molecular weight excluding hydrogens is 200 g/mol. The molecular formula is C13H20N2O. The van der Waals surface area contributed by atoms with Gasteiger partial charge in [-0.3, -0.25) is 0 Å². The van der Waals surface area contributed by atoms with Gasteiger partial charge in [0.05, 0.1) is 6.61 Å². The molecule has 1 aromatic carbocycles. The van der Waals surface area contributed by atoms with E-state index in [4.69, 9.17) is 10.5 Å². The van der Waals surface area contributed by atoms with E-state index in [-0.39, 0.29) is 0 Å². The Morgan fingerprint density at radius 2 is 2.38 bits per heavy atom. The SMILES string of the molecule is CCC(NCCN)c1ccc2c(c1)CCO2. The largest absolute Gasteiger partial charge is 0.493 e. The van der Waals surface area contributed by atoms with Crippen molar-refractivity contribution in [2.24, 2.45) is 5.73 Å². The average molecular weight is 220 g/mol. The van der Waals surface area contributed by atoms with Crippen LogP contribution in [0.4, 0.5) is 0 Å². The van der Waals surface area contributed by atoms with Gasteiger partial charge in [0.1, 0.15) is 5.75 Å². The van der Waals surface area contributed by atoms with E-state index in [1.807, 2.05) is 0 Å². The molecule has 0 saturated heterocycles. The number of rotatable bonds is 5. The van der Waals surface area contributed by atoms with Crippen molar-refractivity contribution in [2.75, 3.05) is 19.7 Å². The summed E-state index contributed by atoms with van der Waals surface area (Å²) in [6.45, 7) is 4.57. The van der Waals surface area contributed by atoms with E-state index in [2.05, 4.69) is 30.4 Å². The van der Waals surface area contributed by atoms with Crippen molar-refractivity contribution >= 4 is 0 Å². The van der Waals surface area contributed by atoms with E-state index >= 15 is 0 Å². The van der Waals surface area contributed by atoms with Crippen molar-refractivity contribution in [1.82, 2.24) is 5.32 Å². The third kappa shape index (κ3) is 2.36. The Hall–Kier alpha value is -1.06. The molecule has 0 amide bonds. The van der Waals surface area contributed by atoms with Gasteiger partial charge < -0.3 is 15.8 Å². The van der Waals surface area contributed by atoms with Gasteiger partial charge in [0.25, 0.3) is 0 Å². The van der Waals surface area contributed by atoms with Crippen molar-refractivity contribution in [3.05, 3.63) is 29.3 Å². The fraction of sp³-hybridized carbons (Fsp3) is 0.538. The van der Waals surface area contributed by atoms with Crippen molar-refractivity contribution in [2.45, 2.75) is 25.8 Å². The van der Waals surface area contributed by atoms with Crippen LogP contribution >= 0.6 is 0 Å². The molecule has 16 heavy (non-hydrogen) atoms. The van der Waals surface area contributed by atoms with Crippen LogP contribution in [0.5, 0.6) is 5.75 Å². The van der Waals surface area contributed by atoms with E-state index in [0.29, 0.717) is 12.6 Å². The van der Waals surface area contributed by atoms with Crippen LogP contribution in [0.2, 0.25) is 0 Å². The molecule has 88 valence electrons. The van der Waals surface area contributed by atoms with Gasteiger partial charge in [-0.2, -0.15) is 0 Å². The lowest BCUT2D eigenvalue weighted by molar-refractivity contribution is 0.356. The average Bonchev–Trinajstić information content (AvgIpc) is 2.77. The molecule has 0 radical (unpaired) electrons. The summed E-state index contributed by atoms with van der Waals surface area (Å²) < 4.78 is 5.51.